The first-order chi connectivity index (χ1) is 8.02. The first kappa shape index (κ1) is 11.9. The molecule has 2 saturated heterocycles. The zero-order valence-corrected chi connectivity index (χ0v) is 10.5. The predicted molar refractivity (Wildman–Crippen MR) is 58.2 cm³/mol. The standard InChI is InChI=1S/C12H20O5/c1-11(2)15-8-9(16-11)12(17-10(8)14-3)5-4-7(12)6-13/h7-10,13H,4-6H2,1-3H3/t7-,8?,9-,10?,12-/m1/s1. The van der Waals surface area contributed by atoms with Crippen molar-refractivity contribution in [3.8, 4) is 0 Å². The summed E-state index contributed by atoms with van der Waals surface area (Å²) in [4.78, 5) is 0. The molecule has 2 aliphatic heterocycles. The van der Waals surface area contributed by atoms with Crippen molar-refractivity contribution in [1.29, 1.82) is 0 Å². The van der Waals surface area contributed by atoms with Crippen molar-refractivity contribution in [3.05, 3.63) is 0 Å². The predicted octanol–water partition coefficient (Wildman–Crippen LogP) is 0.650. The molecule has 1 aliphatic carbocycles. The maximum Gasteiger partial charge on any atom is 0.186 e. The maximum absolute atomic E-state index is 9.40. The molecule has 2 unspecified atom stereocenters. The molecule has 2 heterocycles. The van der Waals surface area contributed by atoms with Crippen LogP contribution in [0.15, 0.2) is 0 Å². The Bertz CT molecular complexity index is 316. The number of rotatable bonds is 2. The fourth-order valence-electron chi connectivity index (χ4n) is 3.31. The van der Waals surface area contributed by atoms with Gasteiger partial charge in [-0.2, -0.15) is 0 Å². The quantitative estimate of drug-likeness (QED) is 0.773. The lowest BCUT2D eigenvalue weighted by molar-refractivity contribution is -0.282. The zero-order chi connectivity index (χ0) is 12.3. The molecule has 0 radical (unpaired) electrons. The molecular formula is C12H20O5. The largest absolute Gasteiger partial charge is 0.396 e. The van der Waals surface area contributed by atoms with Gasteiger partial charge in [0.05, 0.1) is 0 Å². The van der Waals surface area contributed by atoms with Gasteiger partial charge in [-0.3, -0.25) is 0 Å². The topological polar surface area (TPSA) is 57.2 Å². The molecule has 5 nitrogen and oxygen atoms in total. The number of methoxy groups -OCH3 is 1. The summed E-state index contributed by atoms with van der Waals surface area (Å²) in [5.41, 5.74) is -0.409. The van der Waals surface area contributed by atoms with E-state index in [1.807, 2.05) is 13.8 Å². The molecule has 0 amide bonds. The van der Waals surface area contributed by atoms with Gasteiger partial charge in [0.2, 0.25) is 0 Å². The lowest BCUT2D eigenvalue weighted by atomic mass is 9.66. The molecule has 98 valence electrons. The van der Waals surface area contributed by atoms with E-state index in [-0.39, 0.29) is 24.7 Å². The van der Waals surface area contributed by atoms with Gasteiger partial charge in [0, 0.05) is 19.6 Å². The van der Waals surface area contributed by atoms with Crippen molar-refractivity contribution in [2.45, 2.75) is 56.6 Å². The molecule has 0 aromatic rings. The molecule has 3 rings (SSSR count). The second kappa shape index (κ2) is 3.65. The van der Waals surface area contributed by atoms with Crippen LogP contribution in [-0.4, -0.2) is 48.7 Å². The fourth-order valence-corrected chi connectivity index (χ4v) is 3.31. The lowest BCUT2D eigenvalue weighted by Crippen LogP contribution is -2.57. The van der Waals surface area contributed by atoms with Crippen molar-refractivity contribution in [2.75, 3.05) is 13.7 Å². The highest BCUT2D eigenvalue weighted by atomic mass is 16.8. The van der Waals surface area contributed by atoms with E-state index >= 15 is 0 Å². The van der Waals surface area contributed by atoms with Gasteiger partial charge in [-0.05, 0) is 26.7 Å². The molecule has 1 saturated carbocycles. The number of aliphatic hydroxyl groups excluding tert-OH is 1. The van der Waals surface area contributed by atoms with Crippen LogP contribution in [0.4, 0.5) is 0 Å². The van der Waals surface area contributed by atoms with Crippen LogP contribution in [0.3, 0.4) is 0 Å². The van der Waals surface area contributed by atoms with Gasteiger partial charge in [0.15, 0.2) is 12.1 Å². The van der Waals surface area contributed by atoms with Gasteiger partial charge < -0.3 is 24.1 Å². The van der Waals surface area contributed by atoms with E-state index in [0.29, 0.717) is 0 Å². The molecule has 0 aromatic heterocycles. The Morgan fingerprint density at radius 1 is 1.29 bits per heavy atom. The molecule has 0 aromatic carbocycles. The summed E-state index contributed by atoms with van der Waals surface area (Å²) in [7, 11) is 1.61. The average molecular weight is 244 g/mol. The van der Waals surface area contributed by atoms with Crippen LogP contribution in [0.1, 0.15) is 26.7 Å². The van der Waals surface area contributed by atoms with Gasteiger partial charge in [-0.15, -0.1) is 0 Å². The van der Waals surface area contributed by atoms with Crippen molar-refractivity contribution in [2.24, 2.45) is 5.92 Å². The van der Waals surface area contributed by atoms with Crippen LogP contribution >= 0.6 is 0 Å². The van der Waals surface area contributed by atoms with Crippen LogP contribution in [0, 0.1) is 5.92 Å². The van der Waals surface area contributed by atoms with Crippen molar-refractivity contribution >= 4 is 0 Å². The second-order valence-corrected chi connectivity index (χ2v) is 5.62. The summed E-state index contributed by atoms with van der Waals surface area (Å²) in [5, 5.41) is 9.40. The Balaban J connectivity index is 1.88. The SMILES string of the molecule is COC1O[C@@]2(CC[C@@H]2CO)[C@@H]2OC(C)(C)OC12. The van der Waals surface area contributed by atoms with Crippen LogP contribution in [-0.2, 0) is 18.9 Å². The van der Waals surface area contributed by atoms with Crippen LogP contribution < -0.4 is 0 Å². The van der Waals surface area contributed by atoms with Gasteiger partial charge in [-0.25, -0.2) is 0 Å². The fraction of sp³-hybridized carbons (Fsp3) is 1.00. The Kier molecular flexibility index (Phi) is 2.55. The van der Waals surface area contributed by atoms with Gasteiger partial charge >= 0.3 is 0 Å². The normalized spacial score (nSPS) is 51.5. The summed E-state index contributed by atoms with van der Waals surface area (Å²) >= 11 is 0. The smallest absolute Gasteiger partial charge is 0.186 e. The Morgan fingerprint density at radius 3 is 2.59 bits per heavy atom. The Labute approximate surface area is 101 Å². The van der Waals surface area contributed by atoms with Crippen molar-refractivity contribution < 1.29 is 24.1 Å². The molecule has 1 N–H and O–H groups in total. The summed E-state index contributed by atoms with van der Waals surface area (Å²) < 4.78 is 23.1. The number of ether oxygens (including phenoxy) is 4. The third-order valence-electron chi connectivity index (χ3n) is 4.24. The molecule has 3 fully saturated rings. The zero-order valence-electron chi connectivity index (χ0n) is 10.5. The number of aliphatic hydroxyl groups is 1. The number of hydrogen-bond acceptors (Lipinski definition) is 5. The second-order valence-electron chi connectivity index (χ2n) is 5.62. The highest BCUT2D eigenvalue weighted by Gasteiger charge is 2.68. The van der Waals surface area contributed by atoms with Gasteiger partial charge in [0.1, 0.15) is 17.8 Å². The molecule has 5 atom stereocenters. The van der Waals surface area contributed by atoms with Crippen LogP contribution in [0.25, 0.3) is 0 Å². The first-order valence-corrected chi connectivity index (χ1v) is 6.19. The first-order valence-electron chi connectivity index (χ1n) is 6.19. The van der Waals surface area contributed by atoms with Crippen molar-refractivity contribution in [3.63, 3.8) is 0 Å². The molecule has 0 bridgehead atoms. The van der Waals surface area contributed by atoms with E-state index in [2.05, 4.69) is 0 Å². The highest BCUT2D eigenvalue weighted by molar-refractivity contribution is 5.13. The summed E-state index contributed by atoms with van der Waals surface area (Å²) in [6, 6.07) is 0. The van der Waals surface area contributed by atoms with E-state index in [4.69, 9.17) is 18.9 Å². The van der Waals surface area contributed by atoms with Gasteiger partial charge in [0.25, 0.3) is 0 Å². The Hall–Kier alpha value is -0.200. The van der Waals surface area contributed by atoms with Crippen molar-refractivity contribution in [1.82, 2.24) is 0 Å². The minimum absolute atomic E-state index is 0.128. The monoisotopic (exact) mass is 244 g/mol. The molecule has 17 heavy (non-hydrogen) atoms. The average Bonchev–Trinajstić information content (AvgIpc) is 2.69. The highest BCUT2D eigenvalue weighted by Crippen LogP contribution is 2.55. The number of fused-ring (bicyclic) bond motifs is 2. The third-order valence-corrected chi connectivity index (χ3v) is 4.24. The minimum atomic E-state index is -0.599. The third kappa shape index (κ3) is 1.50. The number of hydrogen-bond donors (Lipinski definition) is 1. The molecule has 3 aliphatic rings. The Morgan fingerprint density at radius 2 is 2.06 bits per heavy atom. The molecule has 1 spiro atoms. The van der Waals surface area contributed by atoms with Crippen LogP contribution in [0.5, 0.6) is 0 Å². The summed E-state index contributed by atoms with van der Waals surface area (Å²) in [6.45, 7) is 3.93. The van der Waals surface area contributed by atoms with E-state index in [9.17, 15) is 5.11 Å². The summed E-state index contributed by atoms with van der Waals surface area (Å²) in [6.07, 6.45) is 1.16. The van der Waals surface area contributed by atoms with Gasteiger partial charge in [-0.1, -0.05) is 0 Å². The minimum Gasteiger partial charge on any atom is -0.396 e. The van der Waals surface area contributed by atoms with E-state index in [0.717, 1.165) is 12.8 Å². The molecule has 5 heteroatoms. The van der Waals surface area contributed by atoms with E-state index in [1.165, 1.54) is 0 Å². The molecular weight excluding hydrogens is 224 g/mol. The maximum atomic E-state index is 9.40. The summed E-state index contributed by atoms with van der Waals surface area (Å²) in [5.74, 6) is -0.467. The van der Waals surface area contributed by atoms with E-state index < -0.39 is 17.7 Å². The van der Waals surface area contributed by atoms with E-state index in [1.54, 1.807) is 7.11 Å². The lowest BCUT2D eigenvalue weighted by Gasteiger charge is -2.48. The van der Waals surface area contributed by atoms with Crippen LogP contribution in [0.2, 0.25) is 0 Å².